The molecule has 0 fully saturated rings. The monoisotopic (exact) mass is 460 g/mol. The molecule has 3 aromatic carbocycles. The Labute approximate surface area is 192 Å². The van der Waals surface area contributed by atoms with Gasteiger partial charge in [0.25, 0.3) is 5.91 Å². The highest BCUT2D eigenvalue weighted by Gasteiger charge is 2.09. The van der Waals surface area contributed by atoms with Crippen LogP contribution in [-0.4, -0.2) is 21.5 Å². The van der Waals surface area contributed by atoms with Crippen molar-refractivity contribution in [3.8, 4) is 5.75 Å². The van der Waals surface area contributed by atoms with Crippen LogP contribution < -0.4 is 10.2 Å². The fourth-order valence-corrected chi connectivity index (χ4v) is 4.28. The number of benzene rings is 3. The van der Waals surface area contributed by atoms with Crippen LogP contribution in [0, 0.1) is 0 Å². The molecule has 1 N–H and O–H groups in total. The number of carbonyl (C=O) groups is 1. The first-order chi connectivity index (χ1) is 15.7. The molecule has 1 amide bonds. The average Bonchev–Trinajstić information content (AvgIpc) is 3.39. The lowest BCUT2D eigenvalue weighted by Crippen LogP contribution is -2.17. The summed E-state index contributed by atoms with van der Waals surface area (Å²) in [5.74, 6) is 0.489. The van der Waals surface area contributed by atoms with E-state index in [1.54, 1.807) is 12.1 Å². The zero-order valence-corrected chi connectivity index (χ0v) is 18.3. The van der Waals surface area contributed by atoms with E-state index in [4.69, 9.17) is 16.3 Å². The third-order valence-electron chi connectivity index (χ3n) is 4.95. The minimum Gasteiger partial charge on any atom is -0.489 e. The lowest BCUT2D eigenvalue weighted by Gasteiger charge is -2.08. The van der Waals surface area contributed by atoms with Gasteiger partial charge in [-0.3, -0.25) is 9.20 Å². The number of rotatable bonds is 6. The van der Waals surface area contributed by atoms with Gasteiger partial charge in [-0.15, -0.1) is 11.3 Å². The van der Waals surface area contributed by atoms with E-state index in [1.165, 1.54) is 22.9 Å². The smallest absolute Gasteiger partial charge is 0.271 e. The van der Waals surface area contributed by atoms with E-state index < -0.39 is 0 Å². The number of hydrogen-bond acceptors (Lipinski definition) is 5. The molecule has 32 heavy (non-hydrogen) atoms. The second-order valence-corrected chi connectivity index (χ2v) is 8.27. The summed E-state index contributed by atoms with van der Waals surface area (Å²) >= 11 is 7.59. The molecule has 2 heterocycles. The minimum absolute atomic E-state index is 0.314. The van der Waals surface area contributed by atoms with Gasteiger partial charge in [0.2, 0.25) is 0 Å². The molecule has 0 spiro atoms. The molecule has 0 aliphatic heterocycles. The van der Waals surface area contributed by atoms with Crippen molar-refractivity contribution in [2.45, 2.75) is 6.61 Å². The zero-order chi connectivity index (χ0) is 21.9. The quantitative estimate of drug-likeness (QED) is 0.267. The van der Waals surface area contributed by atoms with Gasteiger partial charge in [-0.2, -0.15) is 5.10 Å². The summed E-state index contributed by atoms with van der Waals surface area (Å²) < 4.78 is 7.71. The van der Waals surface area contributed by atoms with Crippen LogP contribution in [-0.2, 0) is 6.61 Å². The van der Waals surface area contributed by atoms with Gasteiger partial charge in [-0.05, 0) is 40.6 Å². The Bertz CT molecular complexity index is 1440. The Balaban J connectivity index is 1.19. The van der Waals surface area contributed by atoms with Crippen LogP contribution in [0.25, 0.3) is 15.7 Å². The molecule has 2 aromatic heterocycles. The largest absolute Gasteiger partial charge is 0.489 e. The van der Waals surface area contributed by atoms with E-state index in [1.807, 2.05) is 58.4 Å². The van der Waals surface area contributed by atoms with Crippen LogP contribution >= 0.6 is 22.9 Å². The number of ether oxygens (including phenoxy) is 1. The molecular weight excluding hydrogens is 444 g/mol. The number of imidazole rings is 1. The van der Waals surface area contributed by atoms with Gasteiger partial charge in [-0.25, -0.2) is 10.4 Å². The van der Waals surface area contributed by atoms with Gasteiger partial charge in [-0.1, -0.05) is 54.1 Å². The van der Waals surface area contributed by atoms with Crippen molar-refractivity contribution in [1.82, 2.24) is 14.8 Å². The maximum atomic E-state index is 12.4. The lowest BCUT2D eigenvalue weighted by molar-refractivity contribution is 0.0955. The molecule has 6 nitrogen and oxygen atoms in total. The van der Waals surface area contributed by atoms with E-state index in [-0.39, 0.29) is 5.91 Å². The van der Waals surface area contributed by atoms with Gasteiger partial charge >= 0.3 is 0 Å². The fourth-order valence-electron chi connectivity index (χ4n) is 3.29. The first kappa shape index (κ1) is 20.2. The Morgan fingerprint density at radius 2 is 1.94 bits per heavy atom. The van der Waals surface area contributed by atoms with Gasteiger partial charge in [0, 0.05) is 17.1 Å². The molecule has 0 aliphatic carbocycles. The maximum Gasteiger partial charge on any atom is 0.271 e. The number of fused-ring (bicyclic) bond motifs is 2. The van der Waals surface area contributed by atoms with Crippen molar-refractivity contribution in [2.24, 2.45) is 5.10 Å². The van der Waals surface area contributed by atoms with Gasteiger partial charge in [0.05, 0.1) is 6.21 Å². The molecule has 158 valence electrons. The Morgan fingerprint density at radius 1 is 1.12 bits per heavy atom. The predicted molar refractivity (Wildman–Crippen MR) is 128 cm³/mol. The van der Waals surface area contributed by atoms with E-state index in [0.29, 0.717) is 23.0 Å². The summed E-state index contributed by atoms with van der Waals surface area (Å²) in [6, 6.07) is 21.4. The van der Waals surface area contributed by atoms with Gasteiger partial charge in [0.15, 0.2) is 10.1 Å². The summed E-state index contributed by atoms with van der Waals surface area (Å²) in [7, 11) is 0. The van der Waals surface area contributed by atoms with Crippen molar-refractivity contribution >= 4 is 50.8 Å². The molecule has 0 aliphatic rings. The van der Waals surface area contributed by atoms with Crippen LogP contribution in [0.5, 0.6) is 5.75 Å². The molecule has 5 aromatic rings. The third-order valence-corrected chi connectivity index (χ3v) is 5.98. The number of nitrogens with one attached hydrogen (secondary N) is 1. The standard InChI is InChI=1S/C24H17ClN4O2S/c25-22-21(29-11-12-32-24(29)27-22)14-26-28-23(30)18-7-5-16(6-8-18)15-31-20-10-9-17-3-1-2-4-19(17)13-20/h1-14H,15H2,(H,28,30)/b26-14+. The van der Waals surface area contributed by atoms with Gasteiger partial charge < -0.3 is 4.74 Å². The van der Waals surface area contributed by atoms with Crippen LogP contribution in [0.2, 0.25) is 5.15 Å². The van der Waals surface area contributed by atoms with Crippen molar-refractivity contribution in [3.63, 3.8) is 0 Å². The molecule has 0 saturated carbocycles. The summed E-state index contributed by atoms with van der Waals surface area (Å²) in [5, 5.41) is 8.56. The fraction of sp³-hybridized carbons (Fsp3) is 0.0417. The summed E-state index contributed by atoms with van der Waals surface area (Å²) in [5.41, 5.74) is 4.59. The molecule has 8 heteroatoms. The Morgan fingerprint density at radius 3 is 2.78 bits per heavy atom. The second-order valence-electron chi connectivity index (χ2n) is 7.04. The van der Waals surface area contributed by atoms with Crippen molar-refractivity contribution < 1.29 is 9.53 Å². The average molecular weight is 461 g/mol. The summed E-state index contributed by atoms with van der Waals surface area (Å²) in [6.45, 7) is 0.411. The summed E-state index contributed by atoms with van der Waals surface area (Å²) in [4.78, 5) is 17.4. The van der Waals surface area contributed by atoms with Crippen LogP contribution in [0.15, 0.2) is 83.4 Å². The number of hydrogen-bond donors (Lipinski definition) is 1. The maximum absolute atomic E-state index is 12.4. The molecule has 0 bridgehead atoms. The molecular formula is C24H17ClN4O2S. The first-order valence-electron chi connectivity index (χ1n) is 9.82. The number of halogens is 1. The number of amides is 1. The van der Waals surface area contributed by atoms with Crippen LogP contribution in [0.1, 0.15) is 21.6 Å². The molecule has 0 unspecified atom stereocenters. The second kappa shape index (κ2) is 8.82. The molecule has 0 atom stereocenters. The van der Waals surface area contributed by atoms with Crippen molar-refractivity contribution in [1.29, 1.82) is 0 Å². The third kappa shape index (κ3) is 4.21. The predicted octanol–water partition coefficient (Wildman–Crippen LogP) is 5.55. The van der Waals surface area contributed by atoms with E-state index in [9.17, 15) is 4.79 Å². The van der Waals surface area contributed by atoms with Gasteiger partial charge in [0.1, 0.15) is 18.1 Å². The van der Waals surface area contributed by atoms with Crippen LogP contribution in [0.3, 0.4) is 0 Å². The molecule has 0 saturated heterocycles. The highest BCUT2D eigenvalue weighted by Crippen LogP contribution is 2.22. The highest BCUT2D eigenvalue weighted by atomic mass is 35.5. The summed E-state index contributed by atoms with van der Waals surface area (Å²) in [6.07, 6.45) is 3.33. The lowest BCUT2D eigenvalue weighted by atomic mass is 10.1. The Hall–Kier alpha value is -3.68. The number of aromatic nitrogens is 2. The number of nitrogens with zero attached hydrogens (tertiary/aromatic N) is 3. The highest BCUT2D eigenvalue weighted by molar-refractivity contribution is 7.15. The first-order valence-corrected chi connectivity index (χ1v) is 11.1. The number of hydrazone groups is 1. The van der Waals surface area contributed by atoms with E-state index in [2.05, 4.69) is 27.6 Å². The van der Waals surface area contributed by atoms with E-state index in [0.717, 1.165) is 21.7 Å². The van der Waals surface area contributed by atoms with E-state index >= 15 is 0 Å². The SMILES string of the molecule is O=C(N/N=C/c1c(Cl)nc2sccn12)c1ccc(COc2ccc3ccccc3c2)cc1. The Kier molecular flexibility index (Phi) is 5.58. The van der Waals surface area contributed by atoms with Crippen molar-refractivity contribution in [2.75, 3.05) is 0 Å². The minimum atomic E-state index is -0.314. The number of carbonyl (C=O) groups excluding carboxylic acids is 1. The molecule has 5 rings (SSSR count). The number of thiazole rings is 1. The molecule has 0 radical (unpaired) electrons. The van der Waals surface area contributed by atoms with Crippen LogP contribution in [0.4, 0.5) is 0 Å². The topological polar surface area (TPSA) is 68.0 Å². The zero-order valence-electron chi connectivity index (χ0n) is 16.7. The normalized spacial score (nSPS) is 11.4. The van der Waals surface area contributed by atoms with Crippen molar-refractivity contribution in [3.05, 3.63) is 100 Å².